The number of nitrogens with zero attached hydrogens (tertiary/aromatic N) is 5. The SMILES string of the molecule is Cc1cc(N2C[C@H]3CC[C@@H](C2)[C@H]3Nc2nc3c(OCC(F)(F)F)ccc(C(C)(C)O)n3n2)c(F)cn1. The van der Waals surface area contributed by atoms with Crippen LogP contribution in [0.15, 0.2) is 24.4 Å². The molecule has 2 aliphatic rings. The van der Waals surface area contributed by atoms with Crippen LogP contribution < -0.4 is 15.0 Å². The van der Waals surface area contributed by atoms with Crippen molar-refractivity contribution in [2.45, 2.75) is 51.4 Å². The van der Waals surface area contributed by atoms with E-state index in [1.165, 1.54) is 22.8 Å². The monoisotopic (exact) mass is 508 g/mol. The quantitative estimate of drug-likeness (QED) is 0.486. The third kappa shape index (κ3) is 4.78. The molecule has 1 aliphatic carbocycles. The van der Waals surface area contributed by atoms with Crippen LogP contribution in [0, 0.1) is 24.6 Å². The van der Waals surface area contributed by atoms with Gasteiger partial charge in [-0.3, -0.25) is 4.98 Å². The first-order valence-electron chi connectivity index (χ1n) is 11.8. The Morgan fingerprint density at radius 2 is 1.86 bits per heavy atom. The Morgan fingerprint density at radius 3 is 2.50 bits per heavy atom. The minimum atomic E-state index is -4.51. The first-order chi connectivity index (χ1) is 16.9. The van der Waals surface area contributed by atoms with Crippen LogP contribution >= 0.6 is 0 Å². The number of alkyl halides is 3. The van der Waals surface area contributed by atoms with E-state index in [9.17, 15) is 22.7 Å². The lowest BCUT2D eigenvalue weighted by molar-refractivity contribution is -0.153. The second kappa shape index (κ2) is 8.75. The number of halogens is 4. The number of piperidine rings is 1. The zero-order chi connectivity index (χ0) is 25.8. The molecule has 1 saturated carbocycles. The van der Waals surface area contributed by atoms with Crippen LogP contribution in [-0.2, 0) is 5.60 Å². The first kappa shape index (κ1) is 24.5. The van der Waals surface area contributed by atoms with Gasteiger partial charge in [0.15, 0.2) is 23.8 Å². The van der Waals surface area contributed by atoms with Crippen LogP contribution in [0.25, 0.3) is 5.65 Å². The van der Waals surface area contributed by atoms with E-state index in [1.807, 2.05) is 6.92 Å². The zero-order valence-corrected chi connectivity index (χ0v) is 20.2. The molecule has 36 heavy (non-hydrogen) atoms. The third-order valence-corrected chi connectivity index (χ3v) is 6.91. The summed E-state index contributed by atoms with van der Waals surface area (Å²) in [6.45, 7) is 4.78. The van der Waals surface area contributed by atoms with E-state index in [0.29, 0.717) is 24.5 Å². The smallest absolute Gasteiger partial charge is 0.422 e. The summed E-state index contributed by atoms with van der Waals surface area (Å²) < 4.78 is 59.1. The number of rotatable bonds is 6. The number of ether oxygens (including phenoxy) is 1. The van der Waals surface area contributed by atoms with Gasteiger partial charge in [-0.1, -0.05) is 0 Å². The normalized spacial score (nSPS) is 22.3. The van der Waals surface area contributed by atoms with Gasteiger partial charge in [0.25, 0.3) is 0 Å². The predicted octanol–water partition coefficient (Wildman–Crippen LogP) is 4.07. The molecule has 2 fully saturated rings. The Bertz CT molecular complexity index is 1260. The number of pyridine rings is 2. The van der Waals surface area contributed by atoms with E-state index >= 15 is 0 Å². The maximum absolute atomic E-state index is 14.5. The highest BCUT2D eigenvalue weighted by Gasteiger charge is 2.43. The predicted molar refractivity (Wildman–Crippen MR) is 125 cm³/mol. The molecule has 3 aromatic rings. The van der Waals surface area contributed by atoms with Crippen molar-refractivity contribution in [3.05, 3.63) is 41.6 Å². The number of fused-ring (bicyclic) bond motifs is 3. The van der Waals surface area contributed by atoms with Gasteiger partial charge in [0.2, 0.25) is 5.95 Å². The van der Waals surface area contributed by atoms with Crippen molar-refractivity contribution in [3.63, 3.8) is 0 Å². The minimum absolute atomic E-state index is 0.0230. The van der Waals surface area contributed by atoms with Gasteiger partial charge >= 0.3 is 6.18 Å². The number of aromatic nitrogens is 4. The Kier molecular flexibility index (Phi) is 5.97. The van der Waals surface area contributed by atoms with Gasteiger partial charge in [0, 0.05) is 24.8 Å². The zero-order valence-electron chi connectivity index (χ0n) is 20.2. The van der Waals surface area contributed by atoms with Crippen molar-refractivity contribution in [1.29, 1.82) is 0 Å². The number of hydrogen-bond donors (Lipinski definition) is 2. The average Bonchev–Trinajstić information content (AvgIpc) is 3.29. The fourth-order valence-electron chi connectivity index (χ4n) is 5.31. The average molecular weight is 509 g/mol. The largest absolute Gasteiger partial charge is 0.480 e. The highest BCUT2D eigenvalue weighted by atomic mass is 19.4. The van der Waals surface area contributed by atoms with Crippen LogP contribution in [0.3, 0.4) is 0 Å². The molecule has 1 aliphatic heterocycles. The molecule has 0 amide bonds. The Labute approximate surface area is 205 Å². The standard InChI is InChI=1S/C24H28F4N6O2/c1-13-8-17(16(25)9-29-13)33-10-14-4-5-15(11-33)20(14)30-22-31-21-18(36-12-24(26,27)28)6-7-19(23(2,3)35)34(21)32-22/h6-9,14-15,20,35H,4-5,10-12H2,1-3H3,(H,30,32)/t14-,15+,20+. The molecule has 2 N–H and O–H groups in total. The van der Waals surface area contributed by atoms with E-state index in [4.69, 9.17) is 4.74 Å². The summed E-state index contributed by atoms with van der Waals surface area (Å²) in [5, 5.41) is 18.4. The summed E-state index contributed by atoms with van der Waals surface area (Å²) in [5.41, 5.74) is 0.423. The van der Waals surface area contributed by atoms with Crippen LogP contribution in [0.4, 0.5) is 29.2 Å². The number of aliphatic hydroxyl groups is 1. The molecule has 0 aromatic carbocycles. The van der Waals surface area contributed by atoms with Gasteiger partial charge < -0.3 is 20.1 Å². The Balaban J connectivity index is 1.41. The van der Waals surface area contributed by atoms with Gasteiger partial charge in [-0.2, -0.15) is 18.2 Å². The highest BCUT2D eigenvalue weighted by Crippen LogP contribution is 2.41. The van der Waals surface area contributed by atoms with Crippen molar-refractivity contribution < 1.29 is 27.4 Å². The second-order valence-corrected chi connectivity index (χ2v) is 10.2. The van der Waals surface area contributed by atoms with E-state index in [-0.39, 0.29) is 41.0 Å². The number of nitrogens with one attached hydrogen (secondary N) is 1. The lowest BCUT2D eigenvalue weighted by atomic mass is 9.92. The van der Waals surface area contributed by atoms with Gasteiger partial charge in [0.1, 0.15) is 5.60 Å². The van der Waals surface area contributed by atoms with E-state index < -0.39 is 18.4 Å². The highest BCUT2D eigenvalue weighted by molar-refractivity contribution is 5.58. The lowest BCUT2D eigenvalue weighted by Gasteiger charge is -2.39. The molecule has 194 valence electrons. The molecule has 3 atom stereocenters. The maximum atomic E-state index is 14.5. The van der Waals surface area contributed by atoms with Crippen LogP contribution in [0.5, 0.6) is 5.75 Å². The fraction of sp³-hybridized carbons (Fsp3) is 0.542. The summed E-state index contributed by atoms with van der Waals surface area (Å²) in [7, 11) is 0. The summed E-state index contributed by atoms with van der Waals surface area (Å²) in [6.07, 6.45) is -1.36. The molecule has 4 heterocycles. The molecule has 3 aromatic heterocycles. The number of aryl methyl sites for hydroxylation is 1. The van der Waals surface area contributed by atoms with E-state index in [2.05, 4.69) is 25.3 Å². The van der Waals surface area contributed by atoms with Gasteiger partial charge in [-0.15, -0.1) is 5.10 Å². The topological polar surface area (TPSA) is 87.8 Å². The van der Waals surface area contributed by atoms with Crippen molar-refractivity contribution in [2.75, 3.05) is 29.9 Å². The number of hydrogen-bond acceptors (Lipinski definition) is 7. The number of anilines is 2. The minimum Gasteiger partial charge on any atom is -0.480 e. The van der Waals surface area contributed by atoms with Gasteiger partial charge in [0.05, 0.1) is 17.6 Å². The second-order valence-electron chi connectivity index (χ2n) is 10.2. The fourth-order valence-corrected chi connectivity index (χ4v) is 5.31. The van der Waals surface area contributed by atoms with Crippen molar-refractivity contribution in [1.82, 2.24) is 19.6 Å². The summed E-state index contributed by atoms with van der Waals surface area (Å²) in [6, 6.07) is 4.62. The summed E-state index contributed by atoms with van der Waals surface area (Å²) >= 11 is 0. The van der Waals surface area contributed by atoms with E-state index in [1.54, 1.807) is 19.9 Å². The van der Waals surface area contributed by atoms with Crippen LogP contribution in [0.1, 0.15) is 38.1 Å². The van der Waals surface area contributed by atoms with Crippen LogP contribution in [0.2, 0.25) is 0 Å². The Hall–Kier alpha value is -3.15. The molecule has 0 spiro atoms. The van der Waals surface area contributed by atoms with Gasteiger partial charge in [-0.25, -0.2) is 8.91 Å². The summed E-state index contributed by atoms with van der Waals surface area (Å²) in [5.74, 6) is 0.224. The maximum Gasteiger partial charge on any atom is 0.422 e. The molecule has 1 saturated heterocycles. The van der Waals surface area contributed by atoms with Crippen molar-refractivity contribution >= 4 is 17.3 Å². The molecular weight excluding hydrogens is 480 g/mol. The molecular formula is C24H28F4N6O2. The molecule has 8 nitrogen and oxygen atoms in total. The first-order valence-corrected chi connectivity index (χ1v) is 11.8. The van der Waals surface area contributed by atoms with Crippen LogP contribution in [-0.4, -0.2) is 56.6 Å². The van der Waals surface area contributed by atoms with Crippen molar-refractivity contribution in [2.24, 2.45) is 11.8 Å². The molecule has 12 heteroatoms. The molecule has 5 rings (SSSR count). The third-order valence-electron chi connectivity index (χ3n) is 6.91. The molecule has 2 bridgehead atoms. The summed E-state index contributed by atoms with van der Waals surface area (Å²) in [4.78, 5) is 10.5. The lowest BCUT2D eigenvalue weighted by Crippen LogP contribution is -2.48. The molecule has 0 radical (unpaired) electrons. The van der Waals surface area contributed by atoms with E-state index in [0.717, 1.165) is 18.5 Å². The van der Waals surface area contributed by atoms with Gasteiger partial charge in [-0.05, 0) is 63.6 Å². The Morgan fingerprint density at radius 1 is 1.17 bits per heavy atom. The molecule has 0 unspecified atom stereocenters. The van der Waals surface area contributed by atoms with Crippen molar-refractivity contribution in [3.8, 4) is 5.75 Å².